The molecule has 1 aliphatic carbocycles. The first kappa shape index (κ1) is 25.5. The zero-order chi connectivity index (χ0) is 25.0. The molecular formula is C29H39NO5. The quantitative estimate of drug-likeness (QED) is 0.510. The van der Waals surface area contributed by atoms with E-state index in [1.54, 1.807) is 7.11 Å². The van der Waals surface area contributed by atoms with Gasteiger partial charge in [0.15, 0.2) is 11.5 Å². The Bertz CT molecular complexity index is 988. The molecule has 2 aromatic carbocycles. The van der Waals surface area contributed by atoms with Crippen LogP contribution in [0.4, 0.5) is 0 Å². The predicted molar refractivity (Wildman–Crippen MR) is 136 cm³/mol. The SMILES string of the molecule is COc1ccc([C@@H]2CN(CC(Cc3ccccc3)C(=O)O)C[C@@]2(C)[C@@H](C)O)cc1OC1CCCC1. The van der Waals surface area contributed by atoms with Crippen molar-refractivity contribution in [1.29, 1.82) is 0 Å². The number of carbonyl (C=O) groups is 1. The van der Waals surface area contributed by atoms with Gasteiger partial charge < -0.3 is 24.6 Å². The third-order valence-corrected chi connectivity index (χ3v) is 8.09. The van der Waals surface area contributed by atoms with Gasteiger partial charge in [0.25, 0.3) is 0 Å². The lowest BCUT2D eigenvalue weighted by molar-refractivity contribution is -0.142. The largest absolute Gasteiger partial charge is 0.493 e. The fourth-order valence-corrected chi connectivity index (χ4v) is 5.80. The number of rotatable bonds is 10. The number of benzene rings is 2. The van der Waals surface area contributed by atoms with Gasteiger partial charge >= 0.3 is 5.97 Å². The monoisotopic (exact) mass is 481 g/mol. The van der Waals surface area contributed by atoms with Crippen molar-refractivity contribution in [3.63, 3.8) is 0 Å². The van der Waals surface area contributed by atoms with Gasteiger partial charge in [0.2, 0.25) is 0 Å². The number of methoxy groups -OCH3 is 1. The van der Waals surface area contributed by atoms with Crippen molar-refractivity contribution >= 4 is 5.97 Å². The highest BCUT2D eigenvalue weighted by atomic mass is 16.5. The highest BCUT2D eigenvalue weighted by Gasteiger charge is 2.47. The highest BCUT2D eigenvalue weighted by molar-refractivity contribution is 5.70. The molecule has 2 fully saturated rings. The van der Waals surface area contributed by atoms with Crippen molar-refractivity contribution in [2.24, 2.45) is 11.3 Å². The highest BCUT2D eigenvalue weighted by Crippen LogP contribution is 2.47. The lowest BCUT2D eigenvalue weighted by Gasteiger charge is -2.34. The van der Waals surface area contributed by atoms with Gasteiger partial charge in [-0.1, -0.05) is 43.3 Å². The maximum Gasteiger partial charge on any atom is 0.308 e. The van der Waals surface area contributed by atoms with Crippen LogP contribution in [0.25, 0.3) is 0 Å². The number of likely N-dealkylation sites (tertiary alicyclic amines) is 1. The summed E-state index contributed by atoms with van der Waals surface area (Å²) in [6.07, 6.45) is 4.68. The summed E-state index contributed by atoms with van der Waals surface area (Å²) in [6.45, 7) is 5.73. The molecular weight excluding hydrogens is 442 g/mol. The van der Waals surface area contributed by atoms with E-state index in [1.165, 1.54) is 12.8 Å². The molecule has 1 aliphatic heterocycles. The van der Waals surface area contributed by atoms with Gasteiger partial charge in [0, 0.05) is 31.0 Å². The van der Waals surface area contributed by atoms with Gasteiger partial charge in [-0.15, -0.1) is 0 Å². The summed E-state index contributed by atoms with van der Waals surface area (Å²) >= 11 is 0. The maximum absolute atomic E-state index is 12.1. The number of carboxylic acid groups (broad SMARTS) is 1. The Morgan fingerprint density at radius 3 is 2.49 bits per heavy atom. The number of ether oxygens (including phenoxy) is 2. The van der Waals surface area contributed by atoms with E-state index in [4.69, 9.17) is 9.47 Å². The number of aliphatic carboxylic acids is 1. The molecule has 6 nitrogen and oxygen atoms in total. The van der Waals surface area contributed by atoms with Crippen molar-refractivity contribution in [3.05, 3.63) is 59.7 Å². The smallest absolute Gasteiger partial charge is 0.308 e. The van der Waals surface area contributed by atoms with Crippen LogP contribution in [0.3, 0.4) is 0 Å². The minimum absolute atomic E-state index is 0.0468. The van der Waals surface area contributed by atoms with E-state index in [-0.39, 0.29) is 12.0 Å². The fraction of sp³-hybridized carbons (Fsp3) is 0.552. The summed E-state index contributed by atoms with van der Waals surface area (Å²) in [5.74, 6) is 0.239. The van der Waals surface area contributed by atoms with Gasteiger partial charge in [-0.25, -0.2) is 0 Å². The Labute approximate surface area is 208 Å². The first-order chi connectivity index (χ1) is 16.8. The predicted octanol–water partition coefficient (Wildman–Crippen LogP) is 4.75. The topological polar surface area (TPSA) is 79.2 Å². The van der Waals surface area contributed by atoms with Crippen LogP contribution >= 0.6 is 0 Å². The first-order valence-corrected chi connectivity index (χ1v) is 12.8. The van der Waals surface area contributed by atoms with Crippen LogP contribution in [0.5, 0.6) is 11.5 Å². The van der Waals surface area contributed by atoms with Gasteiger partial charge in [-0.2, -0.15) is 0 Å². The summed E-state index contributed by atoms with van der Waals surface area (Å²) in [4.78, 5) is 14.3. The van der Waals surface area contributed by atoms with E-state index >= 15 is 0 Å². The molecule has 6 heteroatoms. The minimum Gasteiger partial charge on any atom is -0.493 e. The second kappa shape index (κ2) is 11.0. The summed E-state index contributed by atoms with van der Waals surface area (Å²) in [5.41, 5.74) is 1.71. The van der Waals surface area contributed by atoms with Crippen LogP contribution in [0.1, 0.15) is 56.6 Å². The normalized spacial score (nSPS) is 24.9. The van der Waals surface area contributed by atoms with E-state index < -0.39 is 23.4 Å². The average Bonchev–Trinajstić information content (AvgIpc) is 3.47. The summed E-state index contributed by atoms with van der Waals surface area (Å²) < 4.78 is 11.9. The van der Waals surface area contributed by atoms with Crippen LogP contribution in [-0.2, 0) is 11.2 Å². The van der Waals surface area contributed by atoms with E-state index in [0.29, 0.717) is 26.1 Å². The lowest BCUT2D eigenvalue weighted by Crippen LogP contribution is -2.38. The third kappa shape index (κ3) is 5.81. The van der Waals surface area contributed by atoms with Crippen molar-refractivity contribution in [1.82, 2.24) is 4.90 Å². The summed E-state index contributed by atoms with van der Waals surface area (Å²) in [5, 5.41) is 20.8. The molecule has 4 rings (SSSR count). The second-order valence-electron chi connectivity index (χ2n) is 10.6. The average molecular weight is 482 g/mol. The summed E-state index contributed by atoms with van der Waals surface area (Å²) in [7, 11) is 1.66. The Morgan fingerprint density at radius 1 is 1.14 bits per heavy atom. The maximum atomic E-state index is 12.1. The van der Waals surface area contributed by atoms with E-state index in [1.807, 2.05) is 43.3 Å². The molecule has 190 valence electrons. The fourth-order valence-electron chi connectivity index (χ4n) is 5.80. The molecule has 0 bridgehead atoms. The van der Waals surface area contributed by atoms with E-state index in [0.717, 1.165) is 35.5 Å². The van der Waals surface area contributed by atoms with Gasteiger partial charge in [-0.05, 0) is 62.3 Å². The number of hydrogen-bond acceptors (Lipinski definition) is 5. The van der Waals surface area contributed by atoms with Crippen LogP contribution in [0.2, 0.25) is 0 Å². The lowest BCUT2D eigenvalue weighted by atomic mass is 9.72. The van der Waals surface area contributed by atoms with E-state index in [9.17, 15) is 15.0 Å². The zero-order valence-corrected chi connectivity index (χ0v) is 21.2. The van der Waals surface area contributed by atoms with Gasteiger partial charge in [0.1, 0.15) is 0 Å². The van der Waals surface area contributed by atoms with Crippen molar-refractivity contribution in [2.75, 3.05) is 26.7 Å². The number of hydrogen-bond donors (Lipinski definition) is 2. The molecule has 0 aromatic heterocycles. The third-order valence-electron chi connectivity index (χ3n) is 8.09. The van der Waals surface area contributed by atoms with Crippen molar-refractivity contribution in [2.45, 2.75) is 64.1 Å². The number of nitrogens with zero attached hydrogens (tertiary/aromatic N) is 1. The number of aliphatic hydroxyl groups excluding tert-OH is 1. The van der Waals surface area contributed by atoms with Crippen LogP contribution in [-0.4, -0.2) is 60.0 Å². The molecule has 2 aliphatic rings. The Morgan fingerprint density at radius 2 is 1.86 bits per heavy atom. The Balaban J connectivity index is 1.55. The van der Waals surface area contributed by atoms with Crippen LogP contribution in [0.15, 0.2) is 48.5 Å². The molecule has 4 atom stereocenters. The second-order valence-corrected chi connectivity index (χ2v) is 10.6. The molecule has 0 radical (unpaired) electrons. The van der Waals surface area contributed by atoms with Gasteiger partial charge in [-0.3, -0.25) is 4.79 Å². The summed E-state index contributed by atoms with van der Waals surface area (Å²) in [6, 6.07) is 15.9. The molecule has 1 saturated heterocycles. The molecule has 2 aromatic rings. The standard InChI is InChI=1S/C29H39NO5/c1-20(31)29(2)19-30(17-23(28(32)33)15-21-9-5-4-6-10-21)18-25(29)22-13-14-26(34-3)27(16-22)35-24-11-7-8-12-24/h4-6,9-10,13-14,16,20,23-25,31H,7-8,11-12,15,17-19H2,1-3H3,(H,32,33)/t20-,23?,25+,29+/m1/s1. The molecule has 1 saturated carbocycles. The molecule has 1 heterocycles. The Kier molecular flexibility index (Phi) is 8.02. The minimum atomic E-state index is -0.784. The van der Waals surface area contributed by atoms with Crippen molar-refractivity contribution < 1.29 is 24.5 Å². The zero-order valence-electron chi connectivity index (χ0n) is 21.2. The van der Waals surface area contributed by atoms with E-state index in [2.05, 4.69) is 24.0 Å². The van der Waals surface area contributed by atoms with Crippen LogP contribution in [0, 0.1) is 11.3 Å². The molecule has 1 unspecified atom stereocenters. The van der Waals surface area contributed by atoms with Crippen LogP contribution < -0.4 is 9.47 Å². The number of aliphatic hydroxyl groups is 1. The molecule has 35 heavy (non-hydrogen) atoms. The van der Waals surface area contributed by atoms with Gasteiger partial charge in [0.05, 0.1) is 25.2 Å². The first-order valence-electron chi connectivity index (χ1n) is 12.8. The number of carboxylic acids is 1. The molecule has 0 amide bonds. The molecule has 0 spiro atoms. The molecule has 2 N–H and O–H groups in total. The van der Waals surface area contributed by atoms with Crippen molar-refractivity contribution in [3.8, 4) is 11.5 Å². The Hall–Kier alpha value is -2.57.